The summed E-state index contributed by atoms with van der Waals surface area (Å²) in [4.78, 5) is 2.31. The minimum Gasteiger partial charge on any atom is -0.318 e. The number of likely N-dealkylation sites (N-methyl/N-ethyl adjacent to an activating group) is 2. The molecule has 13 heavy (non-hydrogen) atoms. The molecule has 0 radical (unpaired) electrons. The highest BCUT2D eigenvalue weighted by Crippen LogP contribution is 2.21. The quantitative estimate of drug-likeness (QED) is 0.875. The zero-order valence-corrected chi connectivity index (χ0v) is 10.4. The van der Waals surface area contributed by atoms with Crippen molar-refractivity contribution >= 4 is 27.3 Å². The van der Waals surface area contributed by atoms with Gasteiger partial charge in [0.15, 0.2) is 0 Å². The van der Waals surface area contributed by atoms with Crippen LogP contribution in [0, 0.1) is 0 Å². The summed E-state index contributed by atoms with van der Waals surface area (Å²) in [5.74, 6) is 0. The molecule has 0 amide bonds. The summed E-state index contributed by atoms with van der Waals surface area (Å²) in [6, 6.07) is 2.18. The third-order valence-corrected chi connectivity index (χ3v) is 3.37. The summed E-state index contributed by atoms with van der Waals surface area (Å²) >= 11 is 5.21. The predicted octanol–water partition coefficient (Wildman–Crippen LogP) is 2.16. The van der Waals surface area contributed by atoms with E-state index in [9.17, 15) is 0 Å². The SMILES string of the molecule is CNCCN(C)Cc1csc(Br)c1. The van der Waals surface area contributed by atoms with Crippen LogP contribution in [0.15, 0.2) is 15.2 Å². The van der Waals surface area contributed by atoms with Gasteiger partial charge in [-0.1, -0.05) is 0 Å². The Balaban J connectivity index is 2.31. The highest BCUT2D eigenvalue weighted by Gasteiger charge is 2.01. The van der Waals surface area contributed by atoms with Gasteiger partial charge < -0.3 is 10.2 Å². The second-order valence-electron chi connectivity index (χ2n) is 3.10. The Morgan fingerprint density at radius 2 is 2.38 bits per heavy atom. The average molecular weight is 263 g/mol. The Morgan fingerprint density at radius 1 is 1.62 bits per heavy atom. The van der Waals surface area contributed by atoms with Gasteiger partial charge in [-0.25, -0.2) is 0 Å². The van der Waals surface area contributed by atoms with Gasteiger partial charge in [-0.05, 0) is 47.0 Å². The van der Waals surface area contributed by atoms with Gasteiger partial charge in [0, 0.05) is 19.6 Å². The van der Waals surface area contributed by atoms with Crippen molar-refractivity contribution in [3.63, 3.8) is 0 Å². The van der Waals surface area contributed by atoms with Crippen LogP contribution in [0.5, 0.6) is 0 Å². The molecule has 2 nitrogen and oxygen atoms in total. The first-order valence-electron chi connectivity index (χ1n) is 4.28. The fourth-order valence-electron chi connectivity index (χ4n) is 1.12. The van der Waals surface area contributed by atoms with E-state index in [0.29, 0.717) is 0 Å². The minimum absolute atomic E-state index is 1.03. The third-order valence-electron chi connectivity index (χ3n) is 1.82. The van der Waals surface area contributed by atoms with Gasteiger partial charge in [0.1, 0.15) is 0 Å². The van der Waals surface area contributed by atoms with Gasteiger partial charge >= 0.3 is 0 Å². The van der Waals surface area contributed by atoms with Crippen molar-refractivity contribution < 1.29 is 0 Å². The molecule has 0 bridgehead atoms. The molecule has 1 N–H and O–H groups in total. The molecule has 1 aromatic rings. The van der Waals surface area contributed by atoms with Crippen LogP contribution in [-0.4, -0.2) is 32.1 Å². The molecule has 0 saturated heterocycles. The molecule has 1 aromatic heterocycles. The van der Waals surface area contributed by atoms with Crippen LogP contribution < -0.4 is 5.32 Å². The van der Waals surface area contributed by atoms with Gasteiger partial charge in [0.25, 0.3) is 0 Å². The van der Waals surface area contributed by atoms with E-state index in [0.717, 1.165) is 19.6 Å². The van der Waals surface area contributed by atoms with Crippen molar-refractivity contribution in [3.8, 4) is 0 Å². The summed E-state index contributed by atoms with van der Waals surface area (Å²) < 4.78 is 1.21. The molecule has 0 aromatic carbocycles. The van der Waals surface area contributed by atoms with Crippen molar-refractivity contribution in [1.82, 2.24) is 10.2 Å². The topological polar surface area (TPSA) is 15.3 Å². The first-order valence-corrected chi connectivity index (χ1v) is 5.95. The van der Waals surface area contributed by atoms with E-state index in [-0.39, 0.29) is 0 Å². The Hall–Kier alpha value is 0.100. The maximum atomic E-state index is 3.46. The Morgan fingerprint density at radius 3 is 2.92 bits per heavy atom. The van der Waals surface area contributed by atoms with Crippen LogP contribution in [-0.2, 0) is 6.54 Å². The monoisotopic (exact) mass is 262 g/mol. The number of nitrogens with one attached hydrogen (secondary N) is 1. The molecule has 0 spiro atoms. The van der Waals surface area contributed by atoms with E-state index in [1.165, 1.54) is 9.35 Å². The number of hydrogen-bond donors (Lipinski definition) is 1. The second-order valence-corrected chi connectivity index (χ2v) is 5.39. The standard InChI is InChI=1S/C9H15BrN2S/c1-11-3-4-12(2)6-8-5-9(10)13-7-8/h5,7,11H,3-4,6H2,1-2H3. The molecule has 1 rings (SSSR count). The Labute approximate surface area is 92.1 Å². The Kier molecular flexibility index (Phi) is 4.94. The van der Waals surface area contributed by atoms with Crippen LogP contribution in [0.1, 0.15) is 5.56 Å². The predicted molar refractivity (Wildman–Crippen MR) is 62.3 cm³/mol. The lowest BCUT2D eigenvalue weighted by Gasteiger charge is -2.14. The summed E-state index contributed by atoms with van der Waals surface area (Å²) in [7, 11) is 4.12. The van der Waals surface area contributed by atoms with E-state index in [1.807, 2.05) is 7.05 Å². The molecule has 4 heteroatoms. The molecule has 0 unspecified atom stereocenters. The third kappa shape index (κ3) is 4.22. The van der Waals surface area contributed by atoms with E-state index in [1.54, 1.807) is 11.3 Å². The number of halogens is 1. The summed E-state index contributed by atoms with van der Waals surface area (Å²) in [6.07, 6.45) is 0. The number of hydrogen-bond acceptors (Lipinski definition) is 3. The van der Waals surface area contributed by atoms with Crippen LogP contribution in [0.4, 0.5) is 0 Å². The summed E-state index contributed by atoms with van der Waals surface area (Å²) in [5, 5.41) is 5.34. The van der Waals surface area contributed by atoms with Crippen LogP contribution in [0.25, 0.3) is 0 Å². The van der Waals surface area contributed by atoms with E-state index >= 15 is 0 Å². The molecule has 0 aliphatic rings. The fourth-order valence-corrected chi connectivity index (χ4v) is 2.32. The van der Waals surface area contributed by atoms with Crippen molar-refractivity contribution in [1.29, 1.82) is 0 Å². The number of rotatable bonds is 5. The second kappa shape index (κ2) is 5.75. The molecule has 0 saturated carbocycles. The van der Waals surface area contributed by atoms with Gasteiger partial charge in [-0.2, -0.15) is 0 Å². The highest BCUT2D eigenvalue weighted by molar-refractivity contribution is 9.11. The van der Waals surface area contributed by atoms with Crippen molar-refractivity contribution in [3.05, 3.63) is 20.8 Å². The lowest BCUT2D eigenvalue weighted by atomic mass is 10.3. The van der Waals surface area contributed by atoms with Gasteiger partial charge in [-0.3, -0.25) is 0 Å². The zero-order chi connectivity index (χ0) is 9.68. The first-order chi connectivity index (χ1) is 6.22. The van der Waals surface area contributed by atoms with Gasteiger partial charge in [0.05, 0.1) is 3.79 Å². The maximum absolute atomic E-state index is 3.46. The normalized spacial score (nSPS) is 11.1. The molecule has 0 atom stereocenters. The first kappa shape index (κ1) is 11.2. The van der Waals surface area contributed by atoms with E-state index in [2.05, 4.69) is 44.6 Å². The molecule has 0 aliphatic carbocycles. The summed E-state index contributed by atoms with van der Waals surface area (Å²) in [5.41, 5.74) is 1.38. The lowest BCUT2D eigenvalue weighted by Crippen LogP contribution is -2.26. The number of thiophene rings is 1. The molecule has 74 valence electrons. The molecular formula is C9H15BrN2S. The van der Waals surface area contributed by atoms with Crippen molar-refractivity contribution in [2.45, 2.75) is 6.54 Å². The van der Waals surface area contributed by atoms with Gasteiger partial charge in [0.2, 0.25) is 0 Å². The molecule has 0 fully saturated rings. The smallest absolute Gasteiger partial charge is 0.0701 e. The Bertz CT molecular complexity index is 250. The molecular weight excluding hydrogens is 248 g/mol. The minimum atomic E-state index is 1.03. The van der Waals surface area contributed by atoms with E-state index in [4.69, 9.17) is 0 Å². The van der Waals surface area contributed by atoms with Crippen LogP contribution in [0.2, 0.25) is 0 Å². The van der Waals surface area contributed by atoms with E-state index < -0.39 is 0 Å². The zero-order valence-electron chi connectivity index (χ0n) is 8.01. The van der Waals surface area contributed by atoms with Crippen molar-refractivity contribution in [2.75, 3.05) is 27.2 Å². The molecule has 1 heterocycles. The van der Waals surface area contributed by atoms with Crippen LogP contribution in [0.3, 0.4) is 0 Å². The molecule has 0 aliphatic heterocycles. The van der Waals surface area contributed by atoms with Crippen molar-refractivity contribution in [2.24, 2.45) is 0 Å². The lowest BCUT2D eigenvalue weighted by molar-refractivity contribution is 0.328. The largest absolute Gasteiger partial charge is 0.318 e. The average Bonchev–Trinajstić information content (AvgIpc) is 2.48. The number of nitrogens with zero attached hydrogens (tertiary/aromatic N) is 1. The van der Waals surface area contributed by atoms with Crippen LogP contribution >= 0.6 is 27.3 Å². The fraction of sp³-hybridized carbons (Fsp3) is 0.556. The maximum Gasteiger partial charge on any atom is 0.0701 e. The summed E-state index contributed by atoms with van der Waals surface area (Å²) in [6.45, 7) is 3.16. The highest BCUT2D eigenvalue weighted by atomic mass is 79.9. The van der Waals surface area contributed by atoms with Gasteiger partial charge in [-0.15, -0.1) is 11.3 Å².